The third-order valence-electron chi connectivity index (χ3n) is 10.2. The number of hydrogen-bond acceptors (Lipinski definition) is 2. The van der Waals surface area contributed by atoms with E-state index in [1.54, 1.807) is 64.2 Å². The molecule has 4 heteroatoms. The fourth-order valence-corrected chi connectivity index (χ4v) is 11.9. The average Bonchev–Trinajstić information content (AvgIpc) is 2.99. The molecule has 0 spiro atoms. The van der Waals surface area contributed by atoms with Crippen molar-refractivity contribution in [2.45, 2.75) is 227 Å². The van der Waals surface area contributed by atoms with E-state index in [2.05, 4.69) is 34.6 Å². The SMILES string of the molecule is CCCCC(C)(C)P(C)(=O)[O-].CCCCCCCCCCCCCC[P+](CCCCCC)(CCCCCC)CCCCCC. The van der Waals surface area contributed by atoms with E-state index < -0.39 is 19.8 Å². The summed E-state index contributed by atoms with van der Waals surface area (Å²) in [7, 11) is -3.84. The fraction of sp³-hybridized carbons (Fsp3) is 1.00. The molecular formula is C40H86O2P2. The molecule has 0 aliphatic heterocycles. The van der Waals surface area contributed by atoms with Crippen LogP contribution >= 0.6 is 14.6 Å². The molecule has 0 aromatic carbocycles. The lowest BCUT2D eigenvalue weighted by atomic mass is 10.1. The van der Waals surface area contributed by atoms with Gasteiger partial charge in [0, 0.05) is 19.8 Å². The molecule has 0 heterocycles. The van der Waals surface area contributed by atoms with Crippen molar-refractivity contribution in [2.75, 3.05) is 31.3 Å². The summed E-state index contributed by atoms with van der Waals surface area (Å²) in [5.74, 6) is 0. The van der Waals surface area contributed by atoms with Gasteiger partial charge in [-0.05, 0) is 64.5 Å². The van der Waals surface area contributed by atoms with Gasteiger partial charge in [0.2, 0.25) is 0 Å². The second kappa shape index (κ2) is 32.2. The molecule has 0 aromatic rings. The van der Waals surface area contributed by atoms with Gasteiger partial charge in [-0.25, -0.2) is 0 Å². The van der Waals surface area contributed by atoms with Gasteiger partial charge < -0.3 is 9.46 Å². The average molecular weight is 661 g/mol. The first-order chi connectivity index (χ1) is 21.1. The molecule has 0 aliphatic rings. The molecule has 1 unspecified atom stereocenters. The monoisotopic (exact) mass is 661 g/mol. The summed E-state index contributed by atoms with van der Waals surface area (Å²) in [6, 6.07) is 0. The Bertz CT molecular complexity index is 581. The standard InChI is InChI=1S/C32H68P.C8H19O2P/c1-5-9-13-17-18-19-20-21-22-23-24-28-32-33(29-25-14-10-6-2,30-26-15-11-7-3)31-27-16-12-8-4;1-5-6-7-8(2,3)11(4,9)10/h5-32H2,1-4H3;5-7H2,1-4H3,(H,9,10)/q+1;/p-1. The second-order valence-corrected chi connectivity index (χ2v) is 22.4. The van der Waals surface area contributed by atoms with E-state index in [9.17, 15) is 9.46 Å². The molecule has 2 nitrogen and oxygen atoms in total. The second-order valence-electron chi connectivity index (χ2n) is 15.1. The summed E-state index contributed by atoms with van der Waals surface area (Å²) in [5, 5.41) is -0.511. The number of unbranched alkanes of at least 4 members (excludes halogenated alkanes) is 21. The predicted molar refractivity (Wildman–Crippen MR) is 207 cm³/mol. The first-order valence-corrected chi connectivity index (χ1v) is 24.8. The lowest BCUT2D eigenvalue weighted by molar-refractivity contribution is -0.178. The van der Waals surface area contributed by atoms with Crippen LogP contribution in [0.1, 0.15) is 222 Å². The molecule has 1 atom stereocenters. The smallest absolute Gasteiger partial charge is 0.0594 e. The van der Waals surface area contributed by atoms with Crippen molar-refractivity contribution in [3.63, 3.8) is 0 Å². The quantitative estimate of drug-likeness (QED) is 0.0532. The Kier molecular flexibility index (Phi) is 34.2. The molecule has 0 rings (SSSR count). The maximum absolute atomic E-state index is 11.2. The van der Waals surface area contributed by atoms with Crippen LogP contribution in [0.2, 0.25) is 0 Å². The minimum Gasteiger partial charge on any atom is -0.799 e. The van der Waals surface area contributed by atoms with Gasteiger partial charge in [-0.2, -0.15) is 0 Å². The third-order valence-corrected chi connectivity index (χ3v) is 17.7. The van der Waals surface area contributed by atoms with Crippen molar-refractivity contribution < 1.29 is 9.46 Å². The third kappa shape index (κ3) is 28.8. The van der Waals surface area contributed by atoms with E-state index in [0.29, 0.717) is 0 Å². The van der Waals surface area contributed by atoms with Crippen LogP contribution in [-0.4, -0.2) is 36.5 Å². The highest BCUT2D eigenvalue weighted by molar-refractivity contribution is 7.75. The molecule has 44 heavy (non-hydrogen) atoms. The van der Waals surface area contributed by atoms with E-state index in [1.807, 2.05) is 0 Å². The first kappa shape index (κ1) is 46.7. The lowest BCUT2D eigenvalue weighted by Gasteiger charge is -2.36. The highest BCUT2D eigenvalue weighted by atomic mass is 31.2. The van der Waals surface area contributed by atoms with Crippen molar-refractivity contribution in [3.05, 3.63) is 0 Å². The molecule has 0 bridgehead atoms. The predicted octanol–water partition coefficient (Wildman–Crippen LogP) is 14.7. The Morgan fingerprint density at radius 3 is 0.909 bits per heavy atom. The zero-order valence-corrected chi connectivity index (χ0v) is 33.9. The maximum atomic E-state index is 11.2. The fourth-order valence-electron chi connectivity index (χ4n) is 6.39. The molecule has 0 aromatic heterocycles. The van der Waals surface area contributed by atoms with Gasteiger partial charge in [0.05, 0.1) is 24.6 Å². The van der Waals surface area contributed by atoms with Gasteiger partial charge >= 0.3 is 0 Å². The lowest BCUT2D eigenvalue weighted by Crippen LogP contribution is -2.26. The molecule has 268 valence electrons. The van der Waals surface area contributed by atoms with Crippen LogP contribution in [0.15, 0.2) is 0 Å². The van der Waals surface area contributed by atoms with Gasteiger partial charge in [-0.1, -0.05) is 164 Å². The van der Waals surface area contributed by atoms with E-state index in [0.717, 1.165) is 19.3 Å². The van der Waals surface area contributed by atoms with Crippen molar-refractivity contribution >= 4 is 14.6 Å². The van der Waals surface area contributed by atoms with Crippen molar-refractivity contribution in [2.24, 2.45) is 0 Å². The molecule has 0 N–H and O–H groups in total. The zero-order chi connectivity index (χ0) is 33.4. The number of hydrogen-bond donors (Lipinski definition) is 0. The van der Waals surface area contributed by atoms with Gasteiger partial charge in [-0.15, -0.1) is 0 Å². The normalized spacial score (nSPS) is 13.5. The van der Waals surface area contributed by atoms with E-state index in [1.165, 1.54) is 135 Å². The van der Waals surface area contributed by atoms with Crippen LogP contribution in [0.25, 0.3) is 0 Å². The molecule has 0 fully saturated rings. The van der Waals surface area contributed by atoms with Crippen molar-refractivity contribution in [1.82, 2.24) is 0 Å². The van der Waals surface area contributed by atoms with Gasteiger partial charge in [0.25, 0.3) is 0 Å². The molecule has 0 aliphatic carbocycles. The van der Waals surface area contributed by atoms with Gasteiger partial charge in [0.1, 0.15) is 0 Å². The highest BCUT2D eigenvalue weighted by Gasteiger charge is 2.35. The summed E-state index contributed by atoms with van der Waals surface area (Å²) < 4.78 is 11.2. The molecule has 0 amide bonds. The summed E-state index contributed by atoms with van der Waals surface area (Å²) in [4.78, 5) is 11.2. The van der Waals surface area contributed by atoms with Crippen LogP contribution in [0.3, 0.4) is 0 Å². The molecular weight excluding hydrogens is 574 g/mol. The van der Waals surface area contributed by atoms with E-state index >= 15 is 0 Å². The number of rotatable bonds is 32. The minimum absolute atomic E-state index is 0.511. The largest absolute Gasteiger partial charge is 0.799 e. The zero-order valence-electron chi connectivity index (χ0n) is 32.1. The van der Waals surface area contributed by atoms with E-state index in [4.69, 9.17) is 0 Å². The van der Waals surface area contributed by atoms with Gasteiger partial charge in [-0.3, -0.25) is 0 Å². The highest BCUT2D eigenvalue weighted by Crippen LogP contribution is 2.61. The van der Waals surface area contributed by atoms with Crippen LogP contribution < -0.4 is 4.89 Å². The summed E-state index contributed by atoms with van der Waals surface area (Å²) in [6.07, 6.45) is 44.9. The van der Waals surface area contributed by atoms with Crippen LogP contribution in [0.5, 0.6) is 0 Å². The summed E-state index contributed by atoms with van der Waals surface area (Å²) in [6.45, 7) is 16.4. The van der Waals surface area contributed by atoms with Crippen LogP contribution in [-0.2, 0) is 4.57 Å². The Morgan fingerprint density at radius 1 is 0.432 bits per heavy atom. The van der Waals surface area contributed by atoms with E-state index in [-0.39, 0.29) is 0 Å². The topological polar surface area (TPSA) is 40.1 Å². The summed E-state index contributed by atoms with van der Waals surface area (Å²) >= 11 is 0. The minimum atomic E-state index is -3.15. The first-order valence-electron chi connectivity index (χ1n) is 20.2. The Hall–Kier alpha value is 0.620. The molecule has 0 radical (unpaired) electrons. The molecule has 0 saturated carbocycles. The van der Waals surface area contributed by atoms with Crippen molar-refractivity contribution in [3.8, 4) is 0 Å². The molecule has 0 saturated heterocycles. The Labute approximate surface area is 281 Å². The van der Waals surface area contributed by atoms with Crippen molar-refractivity contribution in [1.29, 1.82) is 0 Å². The Morgan fingerprint density at radius 2 is 0.659 bits per heavy atom. The summed E-state index contributed by atoms with van der Waals surface area (Å²) in [5.41, 5.74) is 0. The Balaban J connectivity index is 0. The maximum Gasteiger partial charge on any atom is 0.0594 e. The van der Waals surface area contributed by atoms with Gasteiger partial charge in [0.15, 0.2) is 0 Å². The van der Waals surface area contributed by atoms with Crippen LogP contribution in [0.4, 0.5) is 0 Å². The van der Waals surface area contributed by atoms with Crippen LogP contribution in [0, 0.1) is 0 Å².